The summed E-state index contributed by atoms with van der Waals surface area (Å²) in [4.78, 5) is 0. The number of halogens is 2. The Bertz CT molecular complexity index is 305. The third kappa shape index (κ3) is 2.27. The summed E-state index contributed by atoms with van der Waals surface area (Å²) in [5.41, 5.74) is 5.39. The second kappa shape index (κ2) is 4.48. The molecule has 0 aliphatic heterocycles. The van der Waals surface area contributed by atoms with E-state index in [1.165, 1.54) is 12.1 Å². The molecule has 1 rings (SSSR count). The summed E-state index contributed by atoms with van der Waals surface area (Å²) in [5.74, 6) is -1.44. The molecule has 0 fully saturated rings. The number of benzene rings is 1. The molecule has 78 valence electrons. The molecule has 3 N–H and O–H groups in total. The Morgan fingerprint density at radius 1 is 1.36 bits per heavy atom. The minimum Gasteiger partial charge on any atom is -0.388 e. The summed E-state index contributed by atoms with van der Waals surface area (Å²) in [7, 11) is 0. The third-order valence-corrected chi connectivity index (χ3v) is 2.00. The van der Waals surface area contributed by atoms with Crippen molar-refractivity contribution in [1.82, 2.24) is 0 Å². The van der Waals surface area contributed by atoms with Crippen LogP contribution >= 0.6 is 0 Å². The lowest BCUT2D eigenvalue weighted by atomic mass is 10.0. The first-order chi connectivity index (χ1) is 6.56. The van der Waals surface area contributed by atoms with Crippen LogP contribution in [0.3, 0.4) is 0 Å². The van der Waals surface area contributed by atoms with Crippen molar-refractivity contribution in [2.45, 2.75) is 19.4 Å². The van der Waals surface area contributed by atoms with E-state index in [0.29, 0.717) is 5.56 Å². The SMILES string of the molecule is Cc1cc(F)c(C(O)CCN)c(F)c1. The van der Waals surface area contributed by atoms with Gasteiger partial charge in [0.2, 0.25) is 0 Å². The molecule has 1 atom stereocenters. The maximum atomic E-state index is 13.2. The molecule has 1 aromatic carbocycles. The smallest absolute Gasteiger partial charge is 0.132 e. The lowest BCUT2D eigenvalue weighted by molar-refractivity contribution is 0.160. The predicted octanol–water partition coefficient (Wildman–Crippen LogP) is 1.66. The fraction of sp³-hybridized carbons (Fsp3) is 0.400. The highest BCUT2D eigenvalue weighted by Gasteiger charge is 2.17. The Kier molecular flexibility index (Phi) is 3.55. The summed E-state index contributed by atoms with van der Waals surface area (Å²) in [6, 6.07) is 2.39. The van der Waals surface area contributed by atoms with Crippen LogP contribution in [-0.4, -0.2) is 11.7 Å². The predicted molar refractivity (Wildman–Crippen MR) is 49.7 cm³/mol. The highest BCUT2D eigenvalue weighted by molar-refractivity contribution is 5.27. The Balaban J connectivity index is 3.07. The van der Waals surface area contributed by atoms with Crippen molar-refractivity contribution in [3.8, 4) is 0 Å². The Morgan fingerprint density at radius 3 is 2.29 bits per heavy atom. The van der Waals surface area contributed by atoms with Crippen LogP contribution in [0.25, 0.3) is 0 Å². The van der Waals surface area contributed by atoms with Crippen LogP contribution in [0.1, 0.15) is 23.7 Å². The van der Waals surface area contributed by atoms with E-state index in [-0.39, 0.29) is 18.5 Å². The number of rotatable bonds is 3. The molecule has 0 radical (unpaired) electrons. The van der Waals surface area contributed by atoms with Crippen molar-refractivity contribution in [3.05, 3.63) is 34.9 Å². The minimum atomic E-state index is -1.17. The van der Waals surface area contributed by atoms with E-state index in [4.69, 9.17) is 5.73 Å². The lowest BCUT2D eigenvalue weighted by Crippen LogP contribution is -2.10. The summed E-state index contributed by atoms with van der Waals surface area (Å²) in [5, 5.41) is 9.41. The van der Waals surface area contributed by atoms with Crippen molar-refractivity contribution in [2.24, 2.45) is 5.73 Å². The number of nitrogens with two attached hydrogens (primary N) is 1. The summed E-state index contributed by atoms with van der Waals surface area (Å²) in [6.45, 7) is 1.78. The maximum absolute atomic E-state index is 13.2. The van der Waals surface area contributed by atoms with Crippen molar-refractivity contribution < 1.29 is 13.9 Å². The molecule has 0 aromatic heterocycles. The van der Waals surface area contributed by atoms with Gasteiger partial charge in [0.15, 0.2) is 0 Å². The molecule has 4 heteroatoms. The van der Waals surface area contributed by atoms with Gasteiger partial charge in [-0.1, -0.05) is 0 Å². The minimum absolute atomic E-state index is 0.150. The zero-order chi connectivity index (χ0) is 10.7. The zero-order valence-electron chi connectivity index (χ0n) is 7.93. The van der Waals surface area contributed by atoms with Crippen LogP contribution in [0, 0.1) is 18.6 Å². The second-order valence-electron chi connectivity index (χ2n) is 3.24. The van der Waals surface area contributed by atoms with E-state index in [1.54, 1.807) is 6.92 Å². The largest absolute Gasteiger partial charge is 0.388 e. The molecule has 0 bridgehead atoms. The van der Waals surface area contributed by atoms with Gasteiger partial charge in [-0.3, -0.25) is 0 Å². The van der Waals surface area contributed by atoms with Crippen LogP contribution in [-0.2, 0) is 0 Å². The Morgan fingerprint density at radius 2 is 1.86 bits per heavy atom. The molecular formula is C10H13F2NO. The fourth-order valence-corrected chi connectivity index (χ4v) is 1.33. The average Bonchev–Trinajstić information content (AvgIpc) is 2.01. The van der Waals surface area contributed by atoms with Crippen molar-refractivity contribution in [1.29, 1.82) is 0 Å². The fourth-order valence-electron chi connectivity index (χ4n) is 1.33. The molecule has 1 unspecified atom stereocenters. The Labute approximate surface area is 81.4 Å². The van der Waals surface area contributed by atoms with Gasteiger partial charge in [-0.05, 0) is 37.6 Å². The highest BCUT2D eigenvalue weighted by atomic mass is 19.1. The number of hydrogen-bond donors (Lipinski definition) is 2. The van der Waals surface area contributed by atoms with Gasteiger partial charge in [0.1, 0.15) is 11.6 Å². The van der Waals surface area contributed by atoms with Gasteiger partial charge >= 0.3 is 0 Å². The topological polar surface area (TPSA) is 46.2 Å². The van der Waals surface area contributed by atoms with Gasteiger partial charge in [-0.2, -0.15) is 0 Å². The van der Waals surface area contributed by atoms with Crippen LogP contribution in [0.5, 0.6) is 0 Å². The normalized spacial score (nSPS) is 12.9. The second-order valence-corrected chi connectivity index (χ2v) is 3.24. The first kappa shape index (κ1) is 11.1. The van der Waals surface area contributed by atoms with E-state index in [9.17, 15) is 13.9 Å². The summed E-state index contributed by atoms with van der Waals surface area (Å²) < 4.78 is 26.5. The quantitative estimate of drug-likeness (QED) is 0.781. The van der Waals surface area contributed by atoms with Crippen LogP contribution in [0.4, 0.5) is 8.78 Å². The molecule has 0 aliphatic carbocycles. The molecular weight excluding hydrogens is 188 g/mol. The van der Waals surface area contributed by atoms with Gasteiger partial charge < -0.3 is 10.8 Å². The van der Waals surface area contributed by atoms with Crippen LogP contribution in [0.2, 0.25) is 0 Å². The monoisotopic (exact) mass is 201 g/mol. The number of aryl methyl sites for hydroxylation is 1. The lowest BCUT2D eigenvalue weighted by Gasteiger charge is -2.12. The maximum Gasteiger partial charge on any atom is 0.132 e. The van der Waals surface area contributed by atoms with Crippen LogP contribution < -0.4 is 5.73 Å². The molecule has 1 aromatic rings. The van der Waals surface area contributed by atoms with E-state index in [0.717, 1.165) is 0 Å². The van der Waals surface area contributed by atoms with Crippen molar-refractivity contribution >= 4 is 0 Å². The number of aliphatic hydroxyl groups excluding tert-OH is 1. The highest BCUT2D eigenvalue weighted by Crippen LogP contribution is 2.23. The van der Waals surface area contributed by atoms with E-state index in [1.807, 2.05) is 0 Å². The number of aliphatic hydroxyl groups is 1. The van der Waals surface area contributed by atoms with E-state index in [2.05, 4.69) is 0 Å². The molecule has 14 heavy (non-hydrogen) atoms. The van der Waals surface area contributed by atoms with Gasteiger partial charge in [0.05, 0.1) is 11.7 Å². The number of hydrogen-bond acceptors (Lipinski definition) is 2. The summed E-state index contributed by atoms with van der Waals surface area (Å²) >= 11 is 0. The van der Waals surface area contributed by atoms with Gasteiger partial charge in [0, 0.05) is 0 Å². The van der Waals surface area contributed by atoms with Gasteiger partial charge in [-0.25, -0.2) is 8.78 Å². The standard InChI is InChI=1S/C10H13F2NO/c1-6-4-7(11)10(8(12)5-6)9(14)2-3-13/h4-5,9,14H,2-3,13H2,1H3. The van der Waals surface area contributed by atoms with E-state index < -0.39 is 17.7 Å². The van der Waals surface area contributed by atoms with Crippen molar-refractivity contribution in [3.63, 3.8) is 0 Å². The van der Waals surface area contributed by atoms with Gasteiger partial charge in [-0.15, -0.1) is 0 Å². The molecule has 0 saturated carbocycles. The van der Waals surface area contributed by atoms with Gasteiger partial charge in [0.25, 0.3) is 0 Å². The molecule has 0 spiro atoms. The van der Waals surface area contributed by atoms with Crippen LogP contribution in [0.15, 0.2) is 12.1 Å². The molecule has 0 aliphatic rings. The molecule has 0 saturated heterocycles. The first-order valence-corrected chi connectivity index (χ1v) is 4.40. The molecule has 2 nitrogen and oxygen atoms in total. The Hall–Kier alpha value is -1.00. The summed E-state index contributed by atoms with van der Waals surface area (Å²) in [6.07, 6.45) is -1.02. The van der Waals surface area contributed by atoms with Crippen molar-refractivity contribution in [2.75, 3.05) is 6.54 Å². The average molecular weight is 201 g/mol. The molecule has 0 amide bonds. The first-order valence-electron chi connectivity index (χ1n) is 4.40. The molecule has 0 heterocycles. The zero-order valence-corrected chi connectivity index (χ0v) is 7.93. The third-order valence-electron chi connectivity index (χ3n) is 2.00. The van der Waals surface area contributed by atoms with E-state index >= 15 is 0 Å².